The standard InChI is InChI=1S/C18H29ClN2O4/c1-18(2,3)21-17(22)12-25-16-10-14(19)13(9-15(16)24-5)11-20-7-6-8-23-4/h9-10,20H,6-8,11-12H2,1-5H3,(H,21,22). The number of carbonyl (C=O) groups excluding carboxylic acids is 1. The number of carbonyl (C=O) groups is 1. The van der Waals surface area contributed by atoms with Gasteiger partial charge in [-0.2, -0.15) is 0 Å². The molecule has 0 aromatic heterocycles. The lowest BCUT2D eigenvalue weighted by Gasteiger charge is -2.21. The normalized spacial score (nSPS) is 11.3. The molecule has 7 heteroatoms. The highest BCUT2D eigenvalue weighted by Crippen LogP contribution is 2.33. The number of nitrogens with one attached hydrogen (secondary N) is 2. The molecule has 0 saturated carbocycles. The topological polar surface area (TPSA) is 68.8 Å². The van der Waals surface area contributed by atoms with Crippen molar-refractivity contribution < 1.29 is 19.0 Å². The third-order valence-electron chi connectivity index (χ3n) is 3.22. The molecule has 0 spiro atoms. The molecule has 0 heterocycles. The molecule has 0 unspecified atom stereocenters. The van der Waals surface area contributed by atoms with Gasteiger partial charge < -0.3 is 24.8 Å². The molecule has 1 amide bonds. The van der Waals surface area contributed by atoms with E-state index in [4.69, 9.17) is 25.8 Å². The number of halogens is 1. The van der Waals surface area contributed by atoms with Crippen molar-refractivity contribution in [3.63, 3.8) is 0 Å². The molecule has 0 aliphatic heterocycles. The second-order valence-electron chi connectivity index (χ2n) is 6.70. The van der Waals surface area contributed by atoms with Crippen LogP contribution in [-0.4, -0.2) is 45.4 Å². The zero-order valence-corrected chi connectivity index (χ0v) is 16.5. The molecule has 1 aromatic carbocycles. The van der Waals surface area contributed by atoms with E-state index in [1.165, 1.54) is 0 Å². The number of ether oxygens (including phenoxy) is 3. The highest BCUT2D eigenvalue weighted by Gasteiger charge is 2.16. The summed E-state index contributed by atoms with van der Waals surface area (Å²) in [5, 5.41) is 6.70. The molecule has 2 N–H and O–H groups in total. The van der Waals surface area contributed by atoms with Gasteiger partial charge in [0.05, 0.1) is 7.11 Å². The van der Waals surface area contributed by atoms with Gasteiger partial charge in [0.25, 0.3) is 5.91 Å². The van der Waals surface area contributed by atoms with Crippen molar-refractivity contribution in [3.8, 4) is 11.5 Å². The Labute approximate surface area is 155 Å². The summed E-state index contributed by atoms with van der Waals surface area (Å²) >= 11 is 6.32. The minimum absolute atomic E-state index is 0.0986. The first-order valence-corrected chi connectivity index (χ1v) is 8.64. The van der Waals surface area contributed by atoms with E-state index in [-0.39, 0.29) is 18.1 Å². The molecule has 0 aliphatic rings. The Morgan fingerprint density at radius 1 is 1.20 bits per heavy atom. The molecule has 0 saturated heterocycles. The van der Waals surface area contributed by atoms with Crippen LogP contribution in [0.25, 0.3) is 0 Å². The first-order chi connectivity index (χ1) is 11.8. The van der Waals surface area contributed by atoms with Gasteiger partial charge in [-0.15, -0.1) is 0 Å². The molecule has 6 nitrogen and oxygen atoms in total. The highest BCUT2D eigenvalue weighted by atomic mass is 35.5. The van der Waals surface area contributed by atoms with Crippen molar-refractivity contribution in [2.24, 2.45) is 0 Å². The van der Waals surface area contributed by atoms with Gasteiger partial charge in [0.1, 0.15) is 0 Å². The van der Waals surface area contributed by atoms with E-state index in [0.29, 0.717) is 29.7 Å². The van der Waals surface area contributed by atoms with Crippen LogP contribution in [0.1, 0.15) is 32.8 Å². The fourth-order valence-corrected chi connectivity index (χ4v) is 2.37. The van der Waals surface area contributed by atoms with Crippen molar-refractivity contribution in [2.45, 2.75) is 39.3 Å². The summed E-state index contributed by atoms with van der Waals surface area (Å²) in [6.07, 6.45) is 0.926. The molecule has 25 heavy (non-hydrogen) atoms. The van der Waals surface area contributed by atoms with Crippen LogP contribution in [0.2, 0.25) is 5.02 Å². The maximum Gasteiger partial charge on any atom is 0.258 e. The minimum Gasteiger partial charge on any atom is -0.493 e. The summed E-state index contributed by atoms with van der Waals surface area (Å²) in [4.78, 5) is 11.9. The number of hydrogen-bond acceptors (Lipinski definition) is 5. The molecule has 0 atom stereocenters. The third kappa shape index (κ3) is 8.43. The lowest BCUT2D eigenvalue weighted by molar-refractivity contribution is -0.124. The molecule has 1 rings (SSSR count). The Morgan fingerprint density at radius 3 is 2.52 bits per heavy atom. The van der Waals surface area contributed by atoms with Crippen LogP contribution in [-0.2, 0) is 16.1 Å². The van der Waals surface area contributed by atoms with Crippen molar-refractivity contribution in [1.82, 2.24) is 10.6 Å². The smallest absolute Gasteiger partial charge is 0.258 e. The van der Waals surface area contributed by atoms with E-state index in [2.05, 4.69) is 10.6 Å². The average molecular weight is 373 g/mol. The summed E-state index contributed by atoms with van der Waals surface area (Å²) in [5.74, 6) is 0.788. The maximum atomic E-state index is 11.9. The van der Waals surface area contributed by atoms with E-state index in [1.807, 2.05) is 26.8 Å². The lowest BCUT2D eigenvalue weighted by Crippen LogP contribution is -2.43. The largest absolute Gasteiger partial charge is 0.493 e. The summed E-state index contributed by atoms with van der Waals surface area (Å²) in [6.45, 7) is 7.80. The van der Waals surface area contributed by atoms with Crippen LogP contribution in [0, 0.1) is 0 Å². The zero-order valence-electron chi connectivity index (χ0n) is 15.7. The van der Waals surface area contributed by atoms with Crippen molar-refractivity contribution in [3.05, 3.63) is 22.7 Å². The highest BCUT2D eigenvalue weighted by molar-refractivity contribution is 6.31. The van der Waals surface area contributed by atoms with Crippen LogP contribution in [0.15, 0.2) is 12.1 Å². The summed E-state index contributed by atoms with van der Waals surface area (Å²) in [5.41, 5.74) is 0.600. The van der Waals surface area contributed by atoms with Crippen LogP contribution in [0.5, 0.6) is 11.5 Å². The van der Waals surface area contributed by atoms with Crippen molar-refractivity contribution >= 4 is 17.5 Å². The molecular formula is C18H29ClN2O4. The van der Waals surface area contributed by atoms with Crippen molar-refractivity contribution in [2.75, 3.05) is 34.0 Å². The van der Waals surface area contributed by atoms with E-state index in [9.17, 15) is 4.79 Å². The summed E-state index contributed by atoms with van der Waals surface area (Å²) in [7, 11) is 3.24. The Morgan fingerprint density at radius 2 is 1.92 bits per heavy atom. The van der Waals surface area contributed by atoms with Crippen LogP contribution >= 0.6 is 11.6 Å². The molecule has 142 valence electrons. The summed E-state index contributed by atoms with van der Waals surface area (Å²) in [6, 6.07) is 3.50. The average Bonchev–Trinajstić information content (AvgIpc) is 2.52. The molecular weight excluding hydrogens is 344 g/mol. The van der Waals surface area contributed by atoms with E-state index < -0.39 is 0 Å². The number of methoxy groups -OCH3 is 2. The summed E-state index contributed by atoms with van der Waals surface area (Å²) < 4.78 is 15.9. The Hall–Kier alpha value is -1.50. The first kappa shape index (κ1) is 21.5. The fourth-order valence-electron chi connectivity index (χ4n) is 2.15. The predicted molar refractivity (Wildman–Crippen MR) is 99.6 cm³/mol. The molecule has 0 radical (unpaired) electrons. The Bertz CT molecular complexity index is 559. The molecule has 1 aromatic rings. The minimum atomic E-state index is -0.305. The van der Waals surface area contributed by atoms with Gasteiger partial charge in [-0.05, 0) is 45.4 Å². The van der Waals surface area contributed by atoms with Gasteiger partial charge >= 0.3 is 0 Å². The van der Waals surface area contributed by atoms with Gasteiger partial charge in [-0.1, -0.05) is 11.6 Å². The van der Waals surface area contributed by atoms with Gasteiger partial charge in [0.15, 0.2) is 18.1 Å². The Kier molecular flexibility index (Phi) is 9.03. The quantitative estimate of drug-likeness (QED) is 0.618. The monoisotopic (exact) mass is 372 g/mol. The predicted octanol–water partition coefficient (Wildman–Crippen LogP) is 2.77. The second-order valence-corrected chi connectivity index (χ2v) is 7.11. The third-order valence-corrected chi connectivity index (χ3v) is 3.58. The molecule has 0 aliphatic carbocycles. The second kappa shape index (κ2) is 10.5. The molecule has 0 fully saturated rings. The van der Waals surface area contributed by atoms with Gasteiger partial charge in [0.2, 0.25) is 0 Å². The van der Waals surface area contributed by atoms with Gasteiger partial charge in [0, 0.05) is 36.9 Å². The van der Waals surface area contributed by atoms with Crippen molar-refractivity contribution in [1.29, 1.82) is 0 Å². The van der Waals surface area contributed by atoms with E-state index in [1.54, 1.807) is 20.3 Å². The van der Waals surface area contributed by atoms with Gasteiger partial charge in [-0.3, -0.25) is 4.79 Å². The lowest BCUT2D eigenvalue weighted by atomic mass is 10.1. The fraction of sp³-hybridized carbons (Fsp3) is 0.611. The first-order valence-electron chi connectivity index (χ1n) is 8.26. The number of amides is 1. The van der Waals surface area contributed by atoms with Crippen LogP contribution in [0.4, 0.5) is 0 Å². The van der Waals surface area contributed by atoms with Crippen LogP contribution in [0.3, 0.4) is 0 Å². The maximum absolute atomic E-state index is 11.9. The zero-order chi connectivity index (χ0) is 18.9. The van der Waals surface area contributed by atoms with E-state index >= 15 is 0 Å². The van der Waals surface area contributed by atoms with Crippen LogP contribution < -0.4 is 20.1 Å². The van der Waals surface area contributed by atoms with E-state index in [0.717, 1.165) is 18.5 Å². The number of hydrogen-bond donors (Lipinski definition) is 2. The Balaban J connectivity index is 2.66. The number of benzene rings is 1. The number of rotatable bonds is 10. The molecule has 0 bridgehead atoms. The van der Waals surface area contributed by atoms with Gasteiger partial charge in [-0.25, -0.2) is 0 Å². The SMILES string of the molecule is COCCCNCc1cc(OC)c(OCC(=O)NC(C)(C)C)cc1Cl.